The van der Waals surface area contributed by atoms with Gasteiger partial charge in [-0.05, 0) is 53.9 Å². The van der Waals surface area contributed by atoms with Crippen molar-refractivity contribution < 1.29 is 9.18 Å². The molecule has 7 heteroatoms. The van der Waals surface area contributed by atoms with Gasteiger partial charge in [-0.1, -0.05) is 23.7 Å². The number of amides is 1. The van der Waals surface area contributed by atoms with Crippen LogP contribution in [-0.2, 0) is 11.2 Å². The molecule has 2 heterocycles. The Morgan fingerprint density at radius 2 is 2.07 bits per heavy atom. The van der Waals surface area contributed by atoms with Gasteiger partial charge in [0.2, 0.25) is 5.91 Å². The van der Waals surface area contributed by atoms with Gasteiger partial charge in [0.15, 0.2) is 5.82 Å². The highest BCUT2D eigenvalue weighted by Gasteiger charge is 2.25. The lowest BCUT2D eigenvalue weighted by Gasteiger charge is -2.16. The first-order chi connectivity index (χ1) is 13.6. The van der Waals surface area contributed by atoms with E-state index in [4.69, 9.17) is 11.6 Å². The zero-order chi connectivity index (χ0) is 19.5. The standard InChI is InChI=1S/C21H20ClFN4O/c22-16-3-1-2-14(10-16)11-21(28)24-18-8-9-27(13-18)20-12-19(25-26-20)15-4-6-17(23)7-5-15/h1-7,10,12,18H,8-9,11,13H2,(H,24,28)(H,25,26). The van der Waals surface area contributed by atoms with Crippen molar-refractivity contribution in [2.24, 2.45) is 0 Å². The largest absolute Gasteiger partial charge is 0.353 e. The number of H-pyrrole nitrogens is 1. The molecule has 144 valence electrons. The van der Waals surface area contributed by atoms with Crippen LogP contribution in [0.5, 0.6) is 0 Å². The molecule has 0 saturated carbocycles. The molecular weight excluding hydrogens is 379 g/mol. The first-order valence-electron chi connectivity index (χ1n) is 9.17. The lowest BCUT2D eigenvalue weighted by atomic mass is 10.1. The number of nitrogens with zero attached hydrogens (tertiary/aromatic N) is 2. The van der Waals surface area contributed by atoms with Crippen molar-refractivity contribution >= 4 is 23.3 Å². The van der Waals surface area contributed by atoms with Crippen LogP contribution in [0.25, 0.3) is 11.3 Å². The first kappa shape index (κ1) is 18.5. The minimum Gasteiger partial charge on any atom is -0.353 e. The quantitative estimate of drug-likeness (QED) is 0.687. The summed E-state index contributed by atoms with van der Waals surface area (Å²) in [7, 11) is 0. The zero-order valence-corrected chi connectivity index (χ0v) is 15.9. The fourth-order valence-corrected chi connectivity index (χ4v) is 3.66. The van der Waals surface area contributed by atoms with Crippen molar-refractivity contribution in [1.29, 1.82) is 0 Å². The fraction of sp³-hybridized carbons (Fsp3) is 0.238. The van der Waals surface area contributed by atoms with E-state index in [0.29, 0.717) is 18.0 Å². The first-order valence-corrected chi connectivity index (χ1v) is 9.55. The minimum atomic E-state index is -0.264. The van der Waals surface area contributed by atoms with Crippen LogP contribution in [0.4, 0.5) is 10.2 Å². The van der Waals surface area contributed by atoms with E-state index in [1.165, 1.54) is 12.1 Å². The van der Waals surface area contributed by atoms with Crippen LogP contribution in [0.3, 0.4) is 0 Å². The molecule has 0 aliphatic carbocycles. The van der Waals surface area contributed by atoms with Crippen LogP contribution in [0, 0.1) is 5.82 Å². The molecule has 1 fully saturated rings. The van der Waals surface area contributed by atoms with E-state index in [1.54, 1.807) is 18.2 Å². The molecule has 0 bridgehead atoms. The Bertz CT molecular complexity index is 973. The van der Waals surface area contributed by atoms with Gasteiger partial charge in [0.1, 0.15) is 5.82 Å². The molecule has 28 heavy (non-hydrogen) atoms. The fourth-order valence-electron chi connectivity index (χ4n) is 3.45. The van der Waals surface area contributed by atoms with Gasteiger partial charge in [0, 0.05) is 30.2 Å². The molecule has 2 N–H and O–H groups in total. The van der Waals surface area contributed by atoms with Crippen LogP contribution in [0.1, 0.15) is 12.0 Å². The summed E-state index contributed by atoms with van der Waals surface area (Å²) in [6.45, 7) is 1.52. The van der Waals surface area contributed by atoms with Crippen LogP contribution < -0.4 is 10.2 Å². The second-order valence-electron chi connectivity index (χ2n) is 6.95. The Kier molecular flexibility index (Phi) is 5.30. The summed E-state index contributed by atoms with van der Waals surface area (Å²) in [4.78, 5) is 14.4. The van der Waals surface area contributed by atoms with E-state index in [1.807, 2.05) is 24.3 Å². The molecule has 5 nitrogen and oxygen atoms in total. The van der Waals surface area contributed by atoms with Gasteiger partial charge in [-0.3, -0.25) is 9.89 Å². The number of carbonyl (C=O) groups is 1. The SMILES string of the molecule is O=C(Cc1cccc(Cl)c1)NC1CCN(c2cc(-c3ccc(F)cc3)[nH]n2)C1. The Morgan fingerprint density at radius 3 is 2.86 bits per heavy atom. The van der Waals surface area contributed by atoms with Gasteiger partial charge < -0.3 is 10.2 Å². The summed E-state index contributed by atoms with van der Waals surface area (Å²) < 4.78 is 13.1. The minimum absolute atomic E-state index is 0.0110. The highest BCUT2D eigenvalue weighted by atomic mass is 35.5. The number of carbonyl (C=O) groups excluding carboxylic acids is 1. The average molecular weight is 399 g/mol. The molecule has 0 radical (unpaired) electrons. The van der Waals surface area contributed by atoms with E-state index < -0.39 is 0 Å². The predicted octanol–water partition coefficient (Wildman–Crippen LogP) is 3.81. The van der Waals surface area contributed by atoms with Crippen LogP contribution in [0.2, 0.25) is 5.02 Å². The Balaban J connectivity index is 1.34. The van der Waals surface area contributed by atoms with E-state index in [-0.39, 0.29) is 17.8 Å². The summed E-state index contributed by atoms with van der Waals surface area (Å²) in [5.41, 5.74) is 2.62. The number of halogens is 2. The van der Waals surface area contributed by atoms with Crippen LogP contribution in [0.15, 0.2) is 54.6 Å². The van der Waals surface area contributed by atoms with Gasteiger partial charge in [0.25, 0.3) is 0 Å². The van der Waals surface area contributed by atoms with Crippen LogP contribution in [-0.4, -0.2) is 35.2 Å². The third-order valence-electron chi connectivity index (χ3n) is 4.85. The maximum atomic E-state index is 13.1. The number of benzene rings is 2. The molecule has 1 aromatic heterocycles. The Hall–Kier alpha value is -2.86. The van der Waals surface area contributed by atoms with Gasteiger partial charge in [-0.15, -0.1) is 0 Å². The van der Waals surface area contributed by atoms with Crippen LogP contribution >= 0.6 is 11.6 Å². The van der Waals surface area contributed by atoms with Crippen molar-refractivity contribution in [3.63, 3.8) is 0 Å². The molecule has 1 amide bonds. The molecule has 4 rings (SSSR count). The number of hydrogen-bond donors (Lipinski definition) is 2. The third kappa shape index (κ3) is 4.34. The summed E-state index contributed by atoms with van der Waals surface area (Å²) in [5.74, 6) is 0.549. The molecule has 1 unspecified atom stereocenters. The highest BCUT2D eigenvalue weighted by molar-refractivity contribution is 6.30. The summed E-state index contributed by atoms with van der Waals surface area (Å²) >= 11 is 5.97. The average Bonchev–Trinajstić information content (AvgIpc) is 3.32. The molecule has 3 aromatic rings. The summed E-state index contributed by atoms with van der Waals surface area (Å²) in [6.07, 6.45) is 1.17. The van der Waals surface area contributed by atoms with Crippen molar-refractivity contribution in [2.75, 3.05) is 18.0 Å². The molecule has 2 aromatic carbocycles. The number of aromatic nitrogens is 2. The Morgan fingerprint density at radius 1 is 1.25 bits per heavy atom. The summed E-state index contributed by atoms with van der Waals surface area (Å²) in [6, 6.07) is 15.7. The molecule has 1 aliphatic rings. The molecule has 0 spiro atoms. The monoisotopic (exact) mass is 398 g/mol. The van der Waals surface area contributed by atoms with Gasteiger partial charge >= 0.3 is 0 Å². The van der Waals surface area contributed by atoms with E-state index in [2.05, 4.69) is 20.4 Å². The highest BCUT2D eigenvalue weighted by Crippen LogP contribution is 2.24. The number of hydrogen-bond acceptors (Lipinski definition) is 3. The number of anilines is 1. The smallest absolute Gasteiger partial charge is 0.224 e. The van der Waals surface area contributed by atoms with E-state index >= 15 is 0 Å². The molecule has 1 saturated heterocycles. The van der Waals surface area contributed by atoms with E-state index in [9.17, 15) is 9.18 Å². The van der Waals surface area contributed by atoms with E-state index in [0.717, 1.165) is 35.6 Å². The normalized spacial score (nSPS) is 16.4. The Labute approximate surface area is 167 Å². The zero-order valence-electron chi connectivity index (χ0n) is 15.2. The maximum Gasteiger partial charge on any atom is 0.224 e. The van der Waals surface area contributed by atoms with Crippen molar-refractivity contribution in [3.05, 3.63) is 71.0 Å². The lowest BCUT2D eigenvalue weighted by molar-refractivity contribution is -0.121. The van der Waals surface area contributed by atoms with Gasteiger partial charge in [-0.2, -0.15) is 5.10 Å². The third-order valence-corrected chi connectivity index (χ3v) is 5.09. The van der Waals surface area contributed by atoms with Crippen molar-refractivity contribution in [1.82, 2.24) is 15.5 Å². The van der Waals surface area contributed by atoms with Crippen molar-refractivity contribution in [2.45, 2.75) is 18.9 Å². The van der Waals surface area contributed by atoms with Gasteiger partial charge in [-0.25, -0.2) is 4.39 Å². The molecule has 1 atom stereocenters. The second-order valence-corrected chi connectivity index (χ2v) is 7.39. The van der Waals surface area contributed by atoms with Crippen molar-refractivity contribution in [3.8, 4) is 11.3 Å². The second kappa shape index (κ2) is 8.02. The summed E-state index contributed by atoms with van der Waals surface area (Å²) in [5, 5.41) is 11.1. The molecule has 1 aliphatic heterocycles. The number of aromatic amines is 1. The predicted molar refractivity (Wildman–Crippen MR) is 108 cm³/mol. The molecular formula is C21H20ClFN4O. The topological polar surface area (TPSA) is 61.0 Å². The van der Waals surface area contributed by atoms with Gasteiger partial charge in [0.05, 0.1) is 12.1 Å². The number of rotatable bonds is 5. The maximum absolute atomic E-state index is 13.1. The number of nitrogens with one attached hydrogen (secondary N) is 2. The lowest BCUT2D eigenvalue weighted by Crippen LogP contribution is -2.38.